The lowest BCUT2D eigenvalue weighted by Crippen LogP contribution is -2.49. The Morgan fingerprint density at radius 2 is 2.03 bits per heavy atom. The van der Waals surface area contributed by atoms with Gasteiger partial charge in [0.25, 0.3) is 0 Å². The molecule has 3 rings (SSSR count). The van der Waals surface area contributed by atoms with Gasteiger partial charge in [-0.15, -0.1) is 24.0 Å². The molecule has 0 saturated carbocycles. The third-order valence-electron chi connectivity index (χ3n) is 5.60. The number of aromatic amines is 1. The highest BCUT2D eigenvalue weighted by atomic mass is 127. The van der Waals surface area contributed by atoms with E-state index in [1.807, 2.05) is 7.05 Å². The van der Waals surface area contributed by atoms with Crippen LogP contribution in [0, 0.1) is 0 Å². The largest absolute Gasteiger partial charge is 0.377 e. The Bertz CT molecular complexity index is 768. The molecule has 7 heteroatoms. The van der Waals surface area contributed by atoms with Gasteiger partial charge in [-0.3, -0.25) is 4.99 Å². The van der Waals surface area contributed by atoms with Crippen LogP contribution in [0.4, 0.5) is 0 Å². The summed E-state index contributed by atoms with van der Waals surface area (Å²) < 4.78 is 5.67. The van der Waals surface area contributed by atoms with Crippen LogP contribution in [0.2, 0.25) is 0 Å². The monoisotopic (exact) mass is 527 g/mol. The van der Waals surface area contributed by atoms with E-state index in [0.29, 0.717) is 12.1 Å². The predicted molar refractivity (Wildman–Crippen MR) is 137 cm³/mol. The number of aliphatic imine (C=N–C) groups is 1. The molecule has 1 saturated heterocycles. The summed E-state index contributed by atoms with van der Waals surface area (Å²) in [4.78, 5) is 10.3. The van der Waals surface area contributed by atoms with Crippen molar-refractivity contribution in [2.24, 2.45) is 4.99 Å². The van der Waals surface area contributed by atoms with Crippen LogP contribution >= 0.6 is 24.0 Å². The van der Waals surface area contributed by atoms with Crippen LogP contribution in [0.1, 0.15) is 38.7 Å². The van der Waals surface area contributed by atoms with E-state index in [1.54, 1.807) is 0 Å². The number of piperidine rings is 1. The average Bonchev–Trinajstić information content (AvgIpc) is 3.14. The molecule has 3 N–H and O–H groups in total. The van der Waals surface area contributed by atoms with Crippen molar-refractivity contribution in [2.45, 2.75) is 51.7 Å². The number of hydrogen-bond acceptors (Lipinski definition) is 3. The van der Waals surface area contributed by atoms with E-state index in [0.717, 1.165) is 64.4 Å². The molecule has 0 bridgehead atoms. The molecule has 0 radical (unpaired) electrons. The number of para-hydroxylation sites is 1. The van der Waals surface area contributed by atoms with Gasteiger partial charge in [0, 0.05) is 56.4 Å². The number of nitrogens with one attached hydrogen (secondary N) is 3. The van der Waals surface area contributed by atoms with E-state index in [2.05, 4.69) is 69.8 Å². The Labute approximate surface area is 198 Å². The lowest BCUT2D eigenvalue weighted by Gasteiger charge is -2.33. The van der Waals surface area contributed by atoms with Crippen molar-refractivity contribution in [1.29, 1.82) is 0 Å². The van der Waals surface area contributed by atoms with Gasteiger partial charge in [-0.25, -0.2) is 0 Å². The van der Waals surface area contributed by atoms with Crippen molar-refractivity contribution in [2.75, 3.05) is 39.8 Å². The van der Waals surface area contributed by atoms with E-state index in [-0.39, 0.29) is 24.0 Å². The molecule has 2 aromatic rings. The number of halogens is 1. The normalized spacial score (nSPS) is 16.1. The van der Waals surface area contributed by atoms with Crippen molar-refractivity contribution in [3.63, 3.8) is 0 Å². The third kappa shape index (κ3) is 7.74. The van der Waals surface area contributed by atoms with Crippen LogP contribution in [-0.4, -0.2) is 67.8 Å². The fourth-order valence-electron chi connectivity index (χ4n) is 3.93. The minimum atomic E-state index is 0. The van der Waals surface area contributed by atoms with Crippen LogP contribution < -0.4 is 10.6 Å². The Balaban J connectivity index is 0.00000320. The summed E-state index contributed by atoms with van der Waals surface area (Å²) in [6, 6.07) is 9.00. The van der Waals surface area contributed by atoms with Crippen LogP contribution in [0.5, 0.6) is 0 Å². The summed E-state index contributed by atoms with van der Waals surface area (Å²) >= 11 is 0. The maximum Gasteiger partial charge on any atom is 0.191 e. The summed E-state index contributed by atoms with van der Waals surface area (Å²) in [5.74, 6) is 0.922. The molecular weight excluding hydrogens is 489 g/mol. The second-order valence-electron chi connectivity index (χ2n) is 8.14. The first-order valence-electron chi connectivity index (χ1n) is 11.0. The van der Waals surface area contributed by atoms with Crippen molar-refractivity contribution < 1.29 is 4.74 Å². The zero-order valence-electron chi connectivity index (χ0n) is 18.6. The summed E-state index contributed by atoms with van der Waals surface area (Å²) in [5.41, 5.74) is 2.61. The Morgan fingerprint density at radius 3 is 2.77 bits per heavy atom. The molecule has 0 amide bonds. The summed E-state index contributed by atoms with van der Waals surface area (Å²) in [7, 11) is 1.85. The maximum atomic E-state index is 5.67. The smallest absolute Gasteiger partial charge is 0.191 e. The van der Waals surface area contributed by atoms with Gasteiger partial charge in [-0.1, -0.05) is 18.2 Å². The summed E-state index contributed by atoms with van der Waals surface area (Å²) in [6.07, 6.45) is 6.90. The van der Waals surface area contributed by atoms with E-state index >= 15 is 0 Å². The van der Waals surface area contributed by atoms with Gasteiger partial charge in [0.1, 0.15) is 0 Å². The Hall–Kier alpha value is -1.32. The van der Waals surface area contributed by atoms with Crippen LogP contribution in [-0.2, 0) is 11.2 Å². The first-order chi connectivity index (χ1) is 14.2. The molecule has 0 aliphatic carbocycles. The molecule has 0 unspecified atom stereocenters. The van der Waals surface area contributed by atoms with Crippen molar-refractivity contribution in [3.05, 3.63) is 36.0 Å². The third-order valence-corrected chi connectivity index (χ3v) is 5.60. The fraction of sp³-hybridized carbons (Fsp3) is 0.609. The molecule has 0 spiro atoms. The molecule has 1 aliphatic rings. The highest BCUT2D eigenvalue weighted by Crippen LogP contribution is 2.18. The topological polar surface area (TPSA) is 64.7 Å². The molecule has 1 fully saturated rings. The van der Waals surface area contributed by atoms with Crippen molar-refractivity contribution in [3.8, 4) is 0 Å². The lowest BCUT2D eigenvalue weighted by atomic mass is 10.1. The highest BCUT2D eigenvalue weighted by Gasteiger charge is 2.19. The van der Waals surface area contributed by atoms with Gasteiger partial charge in [0.15, 0.2) is 5.96 Å². The SMILES string of the molecule is CN=C(NCCCc1c[nH]c2ccccc12)NC1CCN(CCOC(C)C)CC1.I. The van der Waals surface area contributed by atoms with Gasteiger partial charge in [0.2, 0.25) is 0 Å². The van der Waals surface area contributed by atoms with Crippen LogP contribution in [0.15, 0.2) is 35.5 Å². The zero-order valence-corrected chi connectivity index (χ0v) is 20.9. The number of H-pyrrole nitrogens is 1. The molecule has 1 aromatic carbocycles. The van der Waals surface area contributed by atoms with Gasteiger partial charge >= 0.3 is 0 Å². The predicted octanol–water partition coefficient (Wildman–Crippen LogP) is 3.77. The lowest BCUT2D eigenvalue weighted by molar-refractivity contribution is 0.0532. The highest BCUT2D eigenvalue weighted by molar-refractivity contribution is 14.0. The number of hydrogen-bond donors (Lipinski definition) is 3. The second kappa shape index (κ2) is 13.2. The minimum absolute atomic E-state index is 0. The van der Waals surface area contributed by atoms with Crippen molar-refractivity contribution >= 4 is 40.8 Å². The van der Waals surface area contributed by atoms with Gasteiger partial charge < -0.3 is 25.3 Å². The number of rotatable bonds is 9. The zero-order chi connectivity index (χ0) is 20.5. The average molecular weight is 527 g/mol. The van der Waals surface area contributed by atoms with Crippen LogP contribution in [0.25, 0.3) is 10.9 Å². The molecule has 6 nitrogen and oxygen atoms in total. The first kappa shape index (κ1) is 24.9. The Kier molecular flexibility index (Phi) is 11.0. The maximum absolute atomic E-state index is 5.67. The van der Waals surface area contributed by atoms with Gasteiger partial charge in [0.05, 0.1) is 12.7 Å². The summed E-state index contributed by atoms with van der Waals surface area (Å²) in [6.45, 7) is 9.21. The minimum Gasteiger partial charge on any atom is -0.377 e. The van der Waals surface area contributed by atoms with Crippen LogP contribution in [0.3, 0.4) is 0 Å². The number of ether oxygens (including phenoxy) is 1. The number of aryl methyl sites for hydroxylation is 1. The van der Waals surface area contributed by atoms with E-state index < -0.39 is 0 Å². The van der Waals surface area contributed by atoms with E-state index in [1.165, 1.54) is 16.5 Å². The summed E-state index contributed by atoms with van der Waals surface area (Å²) in [5, 5.41) is 8.41. The number of fused-ring (bicyclic) bond motifs is 1. The first-order valence-corrected chi connectivity index (χ1v) is 11.0. The van der Waals surface area contributed by atoms with E-state index in [9.17, 15) is 0 Å². The number of guanidine groups is 1. The second-order valence-corrected chi connectivity index (χ2v) is 8.14. The number of aromatic nitrogens is 1. The number of nitrogens with zero attached hydrogens (tertiary/aromatic N) is 2. The van der Waals surface area contributed by atoms with Gasteiger partial charge in [-0.2, -0.15) is 0 Å². The number of likely N-dealkylation sites (tertiary alicyclic amines) is 1. The molecule has 30 heavy (non-hydrogen) atoms. The fourth-order valence-corrected chi connectivity index (χ4v) is 3.93. The standard InChI is InChI=1S/C23H37N5O.HI/c1-18(2)29-16-15-28-13-10-20(11-14-28)27-23(24-3)25-12-6-7-19-17-26-22-9-5-4-8-21(19)22;/h4-5,8-9,17-18,20,26H,6-7,10-16H2,1-3H3,(H2,24,25,27);1H. The molecule has 0 atom stereocenters. The van der Waals surface area contributed by atoms with E-state index in [4.69, 9.17) is 4.74 Å². The molecule has 2 heterocycles. The van der Waals surface area contributed by atoms with Crippen molar-refractivity contribution in [1.82, 2.24) is 20.5 Å². The molecule has 1 aliphatic heterocycles. The van der Waals surface area contributed by atoms with Gasteiger partial charge in [-0.05, 0) is 51.2 Å². The Morgan fingerprint density at radius 1 is 1.27 bits per heavy atom. The molecule has 1 aromatic heterocycles. The quantitative estimate of drug-likeness (QED) is 0.201. The molecule has 168 valence electrons. The molecular formula is C23H38IN5O. The number of benzene rings is 1.